The molecule has 0 bridgehead atoms. The summed E-state index contributed by atoms with van der Waals surface area (Å²) in [5.41, 5.74) is 5.01. The van der Waals surface area contributed by atoms with Gasteiger partial charge in [0.25, 0.3) is 0 Å². The van der Waals surface area contributed by atoms with E-state index in [2.05, 4.69) is 31.0 Å². The quantitative estimate of drug-likeness (QED) is 0.446. The highest BCUT2D eigenvalue weighted by Crippen LogP contribution is 2.29. The number of aryl methyl sites for hydroxylation is 1. The van der Waals surface area contributed by atoms with Gasteiger partial charge in [-0.25, -0.2) is 0 Å². The van der Waals surface area contributed by atoms with Crippen LogP contribution in [0.4, 0.5) is 0 Å². The Bertz CT molecular complexity index is 897. The fourth-order valence-electron chi connectivity index (χ4n) is 2.33. The lowest BCUT2D eigenvalue weighted by Gasteiger charge is -2.06. The number of benzene rings is 1. The highest BCUT2D eigenvalue weighted by molar-refractivity contribution is 6.18. The van der Waals surface area contributed by atoms with E-state index in [-0.39, 0.29) is 0 Å². The first-order chi connectivity index (χ1) is 9.34. The maximum absolute atomic E-state index is 4.49. The molecule has 5 heteroatoms. The molecule has 3 heterocycles. The standard InChI is InChI=1S/C14H9N5/c1-8-6-9-10-12(16-3-2-15-10)14-13(11(9)19-7-8)17-4-5-18-14/h2-7H,1H3. The lowest BCUT2D eigenvalue weighted by atomic mass is 10.1. The van der Waals surface area contributed by atoms with Crippen molar-refractivity contribution in [2.45, 2.75) is 6.92 Å². The molecule has 3 aromatic heterocycles. The molecule has 0 spiro atoms. The van der Waals surface area contributed by atoms with Crippen LogP contribution < -0.4 is 0 Å². The van der Waals surface area contributed by atoms with Gasteiger partial charge in [-0.1, -0.05) is 0 Å². The van der Waals surface area contributed by atoms with Gasteiger partial charge in [0.1, 0.15) is 27.6 Å². The third kappa shape index (κ3) is 1.38. The zero-order valence-electron chi connectivity index (χ0n) is 10.2. The summed E-state index contributed by atoms with van der Waals surface area (Å²) in [7, 11) is 0. The zero-order chi connectivity index (χ0) is 12.8. The van der Waals surface area contributed by atoms with E-state index in [0.717, 1.165) is 38.5 Å². The molecule has 1 aromatic carbocycles. The molecule has 0 aliphatic rings. The van der Waals surface area contributed by atoms with Crippen molar-refractivity contribution in [3.8, 4) is 0 Å². The van der Waals surface area contributed by atoms with Gasteiger partial charge in [-0.3, -0.25) is 24.9 Å². The fourth-order valence-corrected chi connectivity index (χ4v) is 2.33. The molecule has 0 unspecified atom stereocenters. The van der Waals surface area contributed by atoms with Crippen molar-refractivity contribution in [3.05, 3.63) is 42.6 Å². The summed E-state index contributed by atoms with van der Waals surface area (Å²) in [5.74, 6) is 0. The minimum absolute atomic E-state index is 0.745. The van der Waals surface area contributed by atoms with Crippen LogP contribution in [0, 0.1) is 6.92 Å². The minimum Gasteiger partial charge on any atom is -0.254 e. The number of rotatable bonds is 0. The summed E-state index contributed by atoms with van der Waals surface area (Å²) in [6.07, 6.45) is 8.53. The first-order valence-electron chi connectivity index (χ1n) is 5.94. The van der Waals surface area contributed by atoms with Crippen molar-refractivity contribution in [1.29, 1.82) is 0 Å². The molecule has 0 saturated heterocycles. The van der Waals surface area contributed by atoms with Gasteiger partial charge in [0.05, 0.1) is 0 Å². The van der Waals surface area contributed by atoms with Gasteiger partial charge in [-0.15, -0.1) is 0 Å². The second kappa shape index (κ2) is 3.65. The normalized spacial score (nSPS) is 11.4. The van der Waals surface area contributed by atoms with Crippen LogP contribution in [0.15, 0.2) is 37.1 Å². The predicted octanol–water partition coefficient (Wildman–Crippen LogP) is 2.43. The van der Waals surface area contributed by atoms with Crippen LogP contribution in [-0.4, -0.2) is 24.9 Å². The van der Waals surface area contributed by atoms with Crippen molar-refractivity contribution in [1.82, 2.24) is 24.9 Å². The van der Waals surface area contributed by atoms with Gasteiger partial charge in [-0.2, -0.15) is 0 Å². The predicted molar refractivity (Wildman–Crippen MR) is 72.7 cm³/mol. The monoisotopic (exact) mass is 247 g/mol. The molecular formula is C14H9N5. The highest BCUT2D eigenvalue weighted by Gasteiger charge is 2.12. The smallest absolute Gasteiger partial charge is 0.119 e. The van der Waals surface area contributed by atoms with Crippen molar-refractivity contribution >= 4 is 33.0 Å². The van der Waals surface area contributed by atoms with Gasteiger partial charge < -0.3 is 0 Å². The SMILES string of the molecule is Cc1cnc2c(c1)c1nccnc1c1nccnc21. The van der Waals surface area contributed by atoms with Gasteiger partial charge in [0.15, 0.2) is 0 Å². The first-order valence-corrected chi connectivity index (χ1v) is 5.94. The van der Waals surface area contributed by atoms with E-state index in [1.54, 1.807) is 24.8 Å². The summed E-state index contributed by atoms with van der Waals surface area (Å²) < 4.78 is 0. The van der Waals surface area contributed by atoms with Gasteiger partial charge in [-0.05, 0) is 18.6 Å². The van der Waals surface area contributed by atoms with Crippen molar-refractivity contribution in [3.63, 3.8) is 0 Å². The van der Waals surface area contributed by atoms with Crippen molar-refractivity contribution < 1.29 is 0 Å². The third-order valence-electron chi connectivity index (χ3n) is 3.12. The Morgan fingerprint density at radius 3 is 1.74 bits per heavy atom. The molecule has 0 N–H and O–H groups in total. The third-order valence-corrected chi connectivity index (χ3v) is 3.12. The molecule has 4 aromatic rings. The summed E-state index contributed by atoms with van der Waals surface area (Å²) >= 11 is 0. The molecule has 0 amide bonds. The molecule has 19 heavy (non-hydrogen) atoms. The van der Waals surface area contributed by atoms with E-state index in [1.807, 2.05) is 13.1 Å². The van der Waals surface area contributed by atoms with Gasteiger partial charge >= 0.3 is 0 Å². The summed E-state index contributed by atoms with van der Waals surface area (Å²) in [6, 6.07) is 2.06. The van der Waals surface area contributed by atoms with Crippen LogP contribution >= 0.6 is 0 Å². The number of aromatic nitrogens is 5. The average molecular weight is 247 g/mol. The fraction of sp³-hybridized carbons (Fsp3) is 0.0714. The Balaban J connectivity index is 2.43. The van der Waals surface area contributed by atoms with Crippen LogP contribution in [0.25, 0.3) is 33.0 Å². The van der Waals surface area contributed by atoms with Crippen LogP contribution in [0.3, 0.4) is 0 Å². The number of pyridine rings is 1. The molecule has 0 fully saturated rings. The van der Waals surface area contributed by atoms with E-state index < -0.39 is 0 Å². The Kier molecular flexibility index (Phi) is 1.97. The molecule has 90 valence electrons. The lowest BCUT2D eigenvalue weighted by molar-refractivity contribution is 1.25. The second-order valence-electron chi connectivity index (χ2n) is 4.42. The van der Waals surface area contributed by atoms with Gasteiger partial charge in [0.2, 0.25) is 0 Å². The summed E-state index contributed by atoms with van der Waals surface area (Å²) in [4.78, 5) is 22.1. The van der Waals surface area contributed by atoms with E-state index >= 15 is 0 Å². The van der Waals surface area contributed by atoms with Crippen LogP contribution in [0.2, 0.25) is 0 Å². The number of hydrogen-bond donors (Lipinski definition) is 0. The lowest BCUT2D eigenvalue weighted by Crippen LogP contribution is -1.94. The molecule has 4 rings (SSSR count). The largest absolute Gasteiger partial charge is 0.254 e. The van der Waals surface area contributed by atoms with E-state index in [9.17, 15) is 0 Å². The Morgan fingerprint density at radius 2 is 1.11 bits per heavy atom. The summed E-state index contributed by atoms with van der Waals surface area (Å²) in [6.45, 7) is 2.01. The van der Waals surface area contributed by atoms with Gasteiger partial charge in [0, 0.05) is 36.4 Å². The van der Waals surface area contributed by atoms with E-state index in [1.165, 1.54) is 0 Å². The second-order valence-corrected chi connectivity index (χ2v) is 4.42. The molecule has 0 aliphatic carbocycles. The Morgan fingerprint density at radius 1 is 0.632 bits per heavy atom. The molecule has 0 radical (unpaired) electrons. The molecular weight excluding hydrogens is 238 g/mol. The number of hydrogen-bond acceptors (Lipinski definition) is 5. The van der Waals surface area contributed by atoms with Crippen LogP contribution in [-0.2, 0) is 0 Å². The Labute approximate surface area is 108 Å². The zero-order valence-corrected chi connectivity index (χ0v) is 10.2. The number of nitrogens with zero attached hydrogens (tertiary/aromatic N) is 5. The van der Waals surface area contributed by atoms with Crippen LogP contribution in [0.1, 0.15) is 5.56 Å². The van der Waals surface area contributed by atoms with E-state index in [4.69, 9.17) is 0 Å². The van der Waals surface area contributed by atoms with E-state index in [0.29, 0.717) is 0 Å². The number of fused-ring (bicyclic) bond motifs is 6. The first kappa shape index (κ1) is 10.3. The van der Waals surface area contributed by atoms with Crippen LogP contribution in [0.5, 0.6) is 0 Å². The molecule has 0 aliphatic heterocycles. The van der Waals surface area contributed by atoms with Crippen molar-refractivity contribution in [2.24, 2.45) is 0 Å². The summed E-state index contributed by atoms with van der Waals surface area (Å²) in [5, 5.41) is 0.969. The molecule has 5 nitrogen and oxygen atoms in total. The highest BCUT2D eigenvalue weighted by atomic mass is 14.9. The maximum atomic E-state index is 4.49. The average Bonchev–Trinajstić information content (AvgIpc) is 2.47. The molecule has 0 saturated carbocycles. The minimum atomic E-state index is 0.745. The topological polar surface area (TPSA) is 64.5 Å². The maximum Gasteiger partial charge on any atom is 0.119 e. The molecule has 0 atom stereocenters. The Hall–Kier alpha value is -2.69. The van der Waals surface area contributed by atoms with Crippen molar-refractivity contribution in [2.75, 3.05) is 0 Å².